The number of ether oxygens (including phenoxy) is 1. The average Bonchev–Trinajstić information content (AvgIpc) is 2.10. The molecule has 0 heterocycles. The van der Waals surface area contributed by atoms with Crippen molar-refractivity contribution in [2.75, 3.05) is 33.9 Å². The van der Waals surface area contributed by atoms with Crippen LogP contribution in [0.4, 0.5) is 4.79 Å². The van der Waals surface area contributed by atoms with E-state index < -0.39 is 6.09 Å². The quantitative estimate of drug-likeness (QED) is 0.604. The van der Waals surface area contributed by atoms with Crippen LogP contribution in [0.1, 0.15) is 0 Å². The zero-order valence-electron chi connectivity index (χ0n) is 7.74. The Morgan fingerprint density at radius 2 is 2.15 bits per heavy atom. The van der Waals surface area contributed by atoms with Crippen LogP contribution in [-0.4, -0.2) is 55.9 Å². The SMILES string of the molecule is COCCN(C)C(=O)CNC(=O)O. The molecular formula is C7H14N2O4. The van der Waals surface area contributed by atoms with Crippen LogP contribution < -0.4 is 5.32 Å². The van der Waals surface area contributed by atoms with Gasteiger partial charge in [0.25, 0.3) is 0 Å². The second kappa shape index (κ2) is 6.24. The Hall–Kier alpha value is -1.30. The first-order chi connectivity index (χ1) is 6.07. The predicted octanol–water partition coefficient (Wildman–Crippen LogP) is -0.641. The third-order valence-corrected chi connectivity index (χ3v) is 1.45. The lowest BCUT2D eigenvalue weighted by molar-refractivity contribution is -0.129. The summed E-state index contributed by atoms with van der Waals surface area (Å²) < 4.78 is 4.76. The molecule has 0 radical (unpaired) electrons. The maximum absolute atomic E-state index is 11.1. The molecule has 0 aromatic rings. The van der Waals surface area contributed by atoms with Gasteiger partial charge in [-0.25, -0.2) is 4.79 Å². The lowest BCUT2D eigenvalue weighted by Gasteiger charge is -2.15. The fourth-order valence-corrected chi connectivity index (χ4v) is 0.639. The highest BCUT2D eigenvalue weighted by Crippen LogP contribution is 1.83. The minimum atomic E-state index is -1.20. The van der Waals surface area contributed by atoms with Gasteiger partial charge in [0, 0.05) is 20.7 Å². The Balaban J connectivity index is 3.63. The molecule has 6 nitrogen and oxygen atoms in total. The van der Waals surface area contributed by atoms with Crippen molar-refractivity contribution in [2.45, 2.75) is 0 Å². The van der Waals surface area contributed by atoms with Crippen LogP contribution in [0.2, 0.25) is 0 Å². The second-order valence-corrected chi connectivity index (χ2v) is 2.47. The van der Waals surface area contributed by atoms with E-state index in [0.717, 1.165) is 0 Å². The van der Waals surface area contributed by atoms with Gasteiger partial charge in [-0.05, 0) is 0 Å². The first-order valence-corrected chi connectivity index (χ1v) is 3.77. The topological polar surface area (TPSA) is 78.9 Å². The standard InChI is InChI=1S/C7H14N2O4/c1-9(3-4-13-2)6(10)5-8-7(11)12/h8H,3-5H2,1-2H3,(H,11,12). The molecule has 6 heteroatoms. The molecule has 0 spiro atoms. The molecule has 0 aromatic carbocycles. The highest BCUT2D eigenvalue weighted by molar-refractivity contribution is 5.81. The fraction of sp³-hybridized carbons (Fsp3) is 0.714. The van der Waals surface area contributed by atoms with E-state index >= 15 is 0 Å². The van der Waals surface area contributed by atoms with Gasteiger partial charge in [-0.1, -0.05) is 0 Å². The van der Waals surface area contributed by atoms with Crippen LogP contribution in [0, 0.1) is 0 Å². The van der Waals surface area contributed by atoms with E-state index in [0.29, 0.717) is 13.2 Å². The summed E-state index contributed by atoms with van der Waals surface area (Å²) in [6, 6.07) is 0. The second-order valence-electron chi connectivity index (χ2n) is 2.47. The lowest BCUT2D eigenvalue weighted by Crippen LogP contribution is -2.38. The Morgan fingerprint density at radius 3 is 2.62 bits per heavy atom. The van der Waals surface area contributed by atoms with Gasteiger partial charge in [0.05, 0.1) is 6.61 Å². The first-order valence-electron chi connectivity index (χ1n) is 3.77. The van der Waals surface area contributed by atoms with Gasteiger partial charge >= 0.3 is 6.09 Å². The molecule has 2 amide bonds. The number of rotatable bonds is 5. The van der Waals surface area contributed by atoms with Crippen LogP contribution in [-0.2, 0) is 9.53 Å². The third-order valence-electron chi connectivity index (χ3n) is 1.45. The maximum atomic E-state index is 11.1. The van der Waals surface area contributed by atoms with Crippen molar-refractivity contribution in [1.29, 1.82) is 0 Å². The van der Waals surface area contributed by atoms with E-state index in [1.165, 1.54) is 12.0 Å². The molecule has 2 N–H and O–H groups in total. The molecule has 0 rings (SSSR count). The van der Waals surface area contributed by atoms with Gasteiger partial charge in [0.2, 0.25) is 5.91 Å². The molecule has 0 aliphatic carbocycles. The number of likely N-dealkylation sites (N-methyl/N-ethyl adjacent to an activating group) is 1. The number of methoxy groups -OCH3 is 1. The van der Waals surface area contributed by atoms with Gasteiger partial charge < -0.3 is 20.1 Å². The van der Waals surface area contributed by atoms with Crippen LogP contribution in [0.5, 0.6) is 0 Å². The molecule has 76 valence electrons. The van der Waals surface area contributed by atoms with E-state index in [1.807, 2.05) is 5.32 Å². The van der Waals surface area contributed by atoms with Crippen molar-refractivity contribution >= 4 is 12.0 Å². The number of hydrogen-bond acceptors (Lipinski definition) is 3. The summed E-state index contributed by atoms with van der Waals surface area (Å²) in [5.74, 6) is -0.278. The summed E-state index contributed by atoms with van der Waals surface area (Å²) in [6.45, 7) is 0.696. The smallest absolute Gasteiger partial charge is 0.405 e. The van der Waals surface area contributed by atoms with Crippen LogP contribution in [0.3, 0.4) is 0 Å². The Kier molecular flexibility index (Phi) is 5.62. The molecule has 0 fully saturated rings. The van der Waals surface area contributed by atoms with Crippen LogP contribution in [0.25, 0.3) is 0 Å². The molecule has 0 aliphatic rings. The van der Waals surface area contributed by atoms with E-state index in [2.05, 4.69) is 0 Å². The fourth-order valence-electron chi connectivity index (χ4n) is 0.639. The third kappa shape index (κ3) is 5.92. The van der Waals surface area contributed by atoms with Gasteiger partial charge in [-0.3, -0.25) is 4.79 Å². The highest BCUT2D eigenvalue weighted by atomic mass is 16.5. The maximum Gasteiger partial charge on any atom is 0.405 e. The number of carbonyl (C=O) groups is 2. The van der Waals surface area contributed by atoms with E-state index in [4.69, 9.17) is 9.84 Å². The van der Waals surface area contributed by atoms with Crippen LogP contribution >= 0.6 is 0 Å². The summed E-state index contributed by atoms with van der Waals surface area (Å²) in [5.41, 5.74) is 0. The minimum absolute atomic E-state index is 0.199. The summed E-state index contributed by atoms with van der Waals surface area (Å²) in [4.78, 5) is 22.5. The van der Waals surface area contributed by atoms with Crippen molar-refractivity contribution in [3.05, 3.63) is 0 Å². The highest BCUT2D eigenvalue weighted by Gasteiger charge is 2.08. The normalized spacial score (nSPS) is 9.38. The lowest BCUT2D eigenvalue weighted by atomic mass is 10.5. The number of nitrogens with one attached hydrogen (secondary N) is 1. The van der Waals surface area contributed by atoms with Crippen molar-refractivity contribution in [3.63, 3.8) is 0 Å². The molecule has 0 aliphatic heterocycles. The number of amides is 2. The monoisotopic (exact) mass is 190 g/mol. The van der Waals surface area contributed by atoms with Gasteiger partial charge in [-0.2, -0.15) is 0 Å². The molecule has 0 aromatic heterocycles. The Labute approximate surface area is 76.5 Å². The minimum Gasteiger partial charge on any atom is -0.465 e. The number of nitrogens with zero attached hydrogens (tertiary/aromatic N) is 1. The predicted molar refractivity (Wildman–Crippen MR) is 45.5 cm³/mol. The average molecular weight is 190 g/mol. The summed E-state index contributed by atoms with van der Waals surface area (Å²) in [6.07, 6.45) is -1.20. The number of carboxylic acid groups (broad SMARTS) is 1. The van der Waals surface area contributed by atoms with Crippen molar-refractivity contribution < 1.29 is 19.4 Å². The molecule has 0 atom stereocenters. The number of carbonyl (C=O) groups excluding carboxylic acids is 1. The Bertz CT molecular complexity index is 183. The largest absolute Gasteiger partial charge is 0.465 e. The van der Waals surface area contributed by atoms with E-state index in [1.54, 1.807) is 7.05 Å². The molecule has 0 saturated carbocycles. The van der Waals surface area contributed by atoms with Crippen molar-refractivity contribution in [1.82, 2.24) is 10.2 Å². The van der Waals surface area contributed by atoms with E-state index in [-0.39, 0.29) is 12.5 Å². The van der Waals surface area contributed by atoms with E-state index in [9.17, 15) is 9.59 Å². The zero-order chi connectivity index (χ0) is 10.3. The van der Waals surface area contributed by atoms with Gasteiger partial charge in [-0.15, -0.1) is 0 Å². The van der Waals surface area contributed by atoms with Gasteiger partial charge in [0.1, 0.15) is 6.54 Å². The van der Waals surface area contributed by atoms with Gasteiger partial charge in [0.15, 0.2) is 0 Å². The first kappa shape index (κ1) is 11.7. The molecule has 0 saturated heterocycles. The molecule has 0 unspecified atom stereocenters. The summed E-state index contributed by atoms with van der Waals surface area (Å²) >= 11 is 0. The Morgan fingerprint density at radius 1 is 1.54 bits per heavy atom. The summed E-state index contributed by atoms with van der Waals surface area (Å²) in [7, 11) is 3.12. The molecular weight excluding hydrogens is 176 g/mol. The zero-order valence-corrected chi connectivity index (χ0v) is 7.74. The van der Waals surface area contributed by atoms with Crippen molar-refractivity contribution in [3.8, 4) is 0 Å². The number of hydrogen-bond donors (Lipinski definition) is 2. The molecule has 13 heavy (non-hydrogen) atoms. The van der Waals surface area contributed by atoms with Crippen LogP contribution in [0.15, 0.2) is 0 Å². The molecule has 0 bridgehead atoms. The summed E-state index contributed by atoms with van der Waals surface area (Å²) in [5, 5.41) is 10.2. The van der Waals surface area contributed by atoms with Crippen molar-refractivity contribution in [2.24, 2.45) is 0 Å².